The van der Waals surface area contributed by atoms with Crippen molar-refractivity contribution in [1.29, 1.82) is 0 Å². The maximum atomic E-state index is 12.7. The van der Waals surface area contributed by atoms with Crippen LogP contribution in [0.3, 0.4) is 0 Å². The predicted octanol–water partition coefficient (Wildman–Crippen LogP) is 4.24. The van der Waals surface area contributed by atoms with Crippen molar-refractivity contribution < 1.29 is 14.3 Å². The summed E-state index contributed by atoms with van der Waals surface area (Å²) in [6.07, 6.45) is 3.92. The monoisotopic (exact) mass is 398 g/mol. The van der Waals surface area contributed by atoms with Crippen LogP contribution >= 0.6 is 12.4 Å². The van der Waals surface area contributed by atoms with Crippen LogP contribution in [0.4, 0.5) is 0 Å². The molecule has 0 aromatic heterocycles. The fraction of sp³-hybridized carbons (Fsp3) is 0.667. The molecule has 2 rings (SSSR count). The summed E-state index contributed by atoms with van der Waals surface area (Å²) in [4.78, 5) is 12.7. The van der Waals surface area contributed by atoms with E-state index in [2.05, 4.69) is 19.2 Å². The molecule has 3 atom stereocenters. The molecule has 3 N–H and O–H groups in total. The summed E-state index contributed by atoms with van der Waals surface area (Å²) in [5, 5.41) is 3.13. The van der Waals surface area contributed by atoms with Crippen LogP contribution in [0, 0.1) is 11.8 Å². The average molecular weight is 399 g/mol. The average Bonchev–Trinajstić information content (AvgIpc) is 2.59. The van der Waals surface area contributed by atoms with Crippen molar-refractivity contribution in [2.45, 2.75) is 65.0 Å². The van der Waals surface area contributed by atoms with Crippen molar-refractivity contribution in [2.75, 3.05) is 13.7 Å². The van der Waals surface area contributed by atoms with Crippen molar-refractivity contribution in [3.63, 3.8) is 0 Å². The van der Waals surface area contributed by atoms with Gasteiger partial charge in [0.05, 0.1) is 25.7 Å². The van der Waals surface area contributed by atoms with Gasteiger partial charge >= 0.3 is 0 Å². The molecule has 0 heterocycles. The molecule has 1 aromatic carbocycles. The Morgan fingerprint density at radius 1 is 1.30 bits per heavy atom. The molecule has 1 aliphatic rings. The van der Waals surface area contributed by atoms with Gasteiger partial charge in [0.15, 0.2) is 11.5 Å². The lowest BCUT2D eigenvalue weighted by molar-refractivity contribution is -0.128. The molecule has 154 valence electrons. The number of hydrogen-bond donors (Lipinski definition) is 2. The molecule has 5 nitrogen and oxygen atoms in total. The van der Waals surface area contributed by atoms with E-state index < -0.39 is 5.54 Å². The van der Waals surface area contributed by atoms with E-state index in [-0.39, 0.29) is 30.3 Å². The van der Waals surface area contributed by atoms with E-state index in [1.165, 1.54) is 0 Å². The van der Waals surface area contributed by atoms with Crippen molar-refractivity contribution in [1.82, 2.24) is 5.32 Å². The first-order valence-corrected chi connectivity index (χ1v) is 9.64. The van der Waals surface area contributed by atoms with Gasteiger partial charge in [0.2, 0.25) is 5.91 Å². The van der Waals surface area contributed by atoms with E-state index in [4.69, 9.17) is 15.2 Å². The maximum absolute atomic E-state index is 12.7. The van der Waals surface area contributed by atoms with Gasteiger partial charge < -0.3 is 20.5 Å². The quantitative estimate of drug-likeness (QED) is 0.720. The number of carbonyl (C=O) groups is 1. The molecule has 0 radical (unpaired) electrons. The molecular formula is C21H35ClN2O3. The fourth-order valence-electron chi connectivity index (χ4n) is 3.52. The largest absolute Gasteiger partial charge is 0.493 e. The molecule has 1 aromatic rings. The number of nitrogens with two attached hydrogens (primary N) is 1. The molecule has 0 bridgehead atoms. The minimum atomic E-state index is -0.422. The smallest absolute Gasteiger partial charge is 0.225 e. The highest BCUT2D eigenvalue weighted by atomic mass is 35.5. The third-order valence-corrected chi connectivity index (χ3v) is 5.19. The topological polar surface area (TPSA) is 73.6 Å². The molecule has 0 aliphatic heterocycles. The van der Waals surface area contributed by atoms with E-state index in [1.807, 2.05) is 32.0 Å². The van der Waals surface area contributed by atoms with Crippen LogP contribution < -0.4 is 20.5 Å². The fourth-order valence-corrected chi connectivity index (χ4v) is 3.52. The minimum Gasteiger partial charge on any atom is -0.493 e. The van der Waals surface area contributed by atoms with Crippen molar-refractivity contribution >= 4 is 18.3 Å². The number of nitrogens with one attached hydrogen (secondary N) is 1. The zero-order valence-corrected chi connectivity index (χ0v) is 18.0. The Bertz CT molecular complexity index is 619. The number of amides is 1. The van der Waals surface area contributed by atoms with Crippen LogP contribution in [0.1, 0.15) is 65.0 Å². The molecule has 0 spiro atoms. The van der Waals surface area contributed by atoms with Crippen LogP contribution in [0.2, 0.25) is 0 Å². The number of carbonyl (C=O) groups excluding carboxylic acids is 1. The second kappa shape index (κ2) is 10.2. The van der Waals surface area contributed by atoms with Gasteiger partial charge in [-0.25, -0.2) is 0 Å². The number of benzene rings is 1. The first kappa shape index (κ1) is 23.6. The number of methoxy groups -OCH3 is 1. The van der Waals surface area contributed by atoms with Crippen molar-refractivity contribution in [2.24, 2.45) is 17.6 Å². The Morgan fingerprint density at radius 2 is 2.00 bits per heavy atom. The Kier molecular flexibility index (Phi) is 8.89. The summed E-state index contributed by atoms with van der Waals surface area (Å²) in [5.41, 5.74) is 6.93. The van der Waals surface area contributed by atoms with Gasteiger partial charge in [-0.05, 0) is 50.3 Å². The zero-order chi connectivity index (χ0) is 19.3. The SMILES string of the molecule is COc1cc(C(C)NC(=O)C2CCCCC2(C)N)ccc1OCC(C)C.Cl. The normalized spacial score (nSPS) is 23.3. The summed E-state index contributed by atoms with van der Waals surface area (Å²) in [5.74, 6) is 1.77. The number of hydrogen-bond acceptors (Lipinski definition) is 4. The maximum Gasteiger partial charge on any atom is 0.225 e. The lowest BCUT2D eigenvalue weighted by atomic mass is 9.74. The molecule has 3 unspecified atom stereocenters. The van der Waals surface area contributed by atoms with E-state index in [1.54, 1.807) is 7.11 Å². The van der Waals surface area contributed by atoms with Gasteiger partial charge in [0.1, 0.15) is 0 Å². The summed E-state index contributed by atoms with van der Waals surface area (Å²) in [6, 6.07) is 5.70. The van der Waals surface area contributed by atoms with E-state index >= 15 is 0 Å². The van der Waals surface area contributed by atoms with Crippen LogP contribution in [-0.4, -0.2) is 25.2 Å². The Morgan fingerprint density at radius 3 is 2.59 bits per heavy atom. The molecule has 6 heteroatoms. The highest BCUT2D eigenvalue weighted by molar-refractivity contribution is 5.85. The molecule has 1 saturated carbocycles. The first-order chi connectivity index (χ1) is 12.2. The molecule has 1 aliphatic carbocycles. The standard InChI is InChI=1S/C21H34N2O3.ClH/c1-14(2)13-26-18-10-9-16(12-19(18)25-5)15(3)23-20(24)17-8-6-7-11-21(17,4)22;/h9-10,12,14-15,17H,6-8,11,13,22H2,1-5H3,(H,23,24);1H. The van der Waals surface area contributed by atoms with Gasteiger partial charge in [-0.1, -0.05) is 32.8 Å². The second-order valence-corrected chi connectivity index (χ2v) is 8.15. The van der Waals surface area contributed by atoms with Crippen molar-refractivity contribution in [3.05, 3.63) is 23.8 Å². The molecular weight excluding hydrogens is 364 g/mol. The summed E-state index contributed by atoms with van der Waals surface area (Å²) >= 11 is 0. The summed E-state index contributed by atoms with van der Waals surface area (Å²) in [7, 11) is 1.63. The van der Waals surface area contributed by atoms with Crippen LogP contribution in [0.15, 0.2) is 18.2 Å². The number of rotatable bonds is 7. The zero-order valence-electron chi connectivity index (χ0n) is 17.2. The minimum absolute atomic E-state index is 0. The second-order valence-electron chi connectivity index (χ2n) is 8.15. The highest BCUT2D eigenvalue weighted by Crippen LogP contribution is 2.33. The Balaban J connectivity index is 0.00000364. The molecule has 1 amide bonds. The summed E-state index contributed by atoms with van der Waals surface area (Å²) in [6.45, 7) is 8.82. The highest BCUT2D eigenvalue weighted by Gasteiger charge is 2.38. The predicted molar refractivity (Wildman–Crippen MR) is 112 cm³/mol. The molecule has 27 heavy (non-hydrogen) atoms. The van der Waals surface area contributed by atoms with E-state index in [0.29, 0.717) is 18.3 Å². The van der Waals surface area contributed by atoms with Gasteiger partial charge in [0.25, 0.3) is 0 Å². The van der Waals surface area contributed by atoms with Crippen LogP contribution in [0.5, 0.6) is 11.5 Å². The van der Waals surface area contributed by atoms with Crippen LogP contribution in [0.25, 0.3) is 0 Å². The molecule has 1 fully saturated rings. The third-order valence-electron chi connectivity index (χ3n) is 5.19. The van der Waals surface area contributed by atoms with E-state index in [9.17, 15) is 4.79 Å². The van der Waals surface area contributed by atoms with Gasteiger partial charge in [-0.3, -0.25) is 4.79 Å². The number of ether oxygens (including phenoxy) is 2. The van der Waals surface area contributed by atoms with Gasteiger partial charge in [-0.15, -0.1) is 12.4 Å². The first-order valence-electron chi connectivity index (χ1n) is 9.64. The number of halogens is 1. The summed E-state index contributed by atoms with van der Waals surface area (Å²) < 4.78 is 11.3. The van der Waals surface area contributed by atoms with Crippen LogP contribution in [-0.2, 0) is 4.79 Å². The lowest BCUT2D eigenvalue weighted by Gasteiger charge is -2.37. The molecule has 0 saturated heterocycles. The lowest BCUT2D eigenvalue weighted by Crippen LogP contribution is -2.53. The van der Waals surface area contributed by atoms with Crippen molar-refractivity contribution in [3.8, 4) is 11.5 Å². The Hall–Kier alpha value is -1.46. The van der Waals surface area contributed by atoms with Gasteiger partial charge in [0, 0.05) is 5.54 Å². The Labute approximate surface area is 169 Å². The van der Waals surface area contributed by atoms with Gasteiger partial charge in [-0.2, -0.15) is 0 Å². The van der Waals surface area contributed by atoms with E-state index in [0.717, 1.165) is 37.0 Å². The third kappa shape index (κ3) is 6.28.